The summed E-state index contributed by atoms with van der Waals surface area (Å²) in [5, 5.41) is 13.5. The highest BCUT2D eigenvalue weighted by atomic mass is 79.9. The molecule has 0 aromatic heterocycles. The largest absolute Gasteiger partial charge is 0.487 e. The second-order valence-electron chi connectivity index (χ2n) is 7.20. The molecule has 3 aromatic carbocycles. The molecular formula is C25H18Br2Cl2N2O2. The number of amides is 1. The number of hydrogen-bond donors (Lipinski definition) is 1. The normalized spacial score (nSPS) is 11.1. The van der Waals surface area contributed by atoms with Crippen molar-refractivity contribution >= 4 is 72.7 Å². The van der Waals surface area contributed by atoms with E-state index in [1.54, 1.807) is 30.3 Å². The zero-order valence-corrected chi connectivity index (χ0v) is 22.4. The van der Waals surface area contributed by atoms with Crippen LogP contribution in [0, 0.1) is 25.2 Å². The van der Waals surface area contributed by atoms with Gasteiger partial charge in [0.2, 0.25) is 0 Å². The monoisotopic (exact) mass is 606 g/mol. The van der Waals surface area contributed by atoms with E-state index in [1.807, 2.05) is 38.1 Å². The Balaban J connectivity index is 1.92. The molecule has 0 aliphatic rings. The summed E-state index contributed by atoms with van der Waals surface area (Å²) in [6.45, 7) is 4.05. The maximum Gasteiger partial charge on any atom is 0.266 e. The highest BCUT2D eigenvalue weighted by Crippen LogP contribution is 2.35. The van der Waals surface area contributed by atoms with Gasteiger partial charge in [0.25, 0.3) is 5.91 Å². The molecule has 0 aliphatic carbocycles. The number of carbonyl (C=O) groups is 1. The summed E-state index contributed by atoms with van der Waals surface area (Å²) in [7, 11) is 0. The molecule has 0 bridgehead atoms. The first-order chi connectivity index (χ1) is 15.7. The van der Waals surface area contributed by atoms with E-state index in [-0.39, 0.29) is 12.2 Å². The van der Waals surface area contributed by atoms with Crippen molar-refractivity contribution in [3.05, 3.63) is 95.3 Å². The van der Waals surface area contributed by atoms with Gasteiger partial charge in [-0.05, 0) is 77.3 Å². The van der Waals surface area contributed by atoms with Crippen LogP contribution in [0.1, 0.15) is 22.3 Å². The maximum absolute atomic E-state index is 12.9. The van der Waals surface area contributed by atoms with Gasteiger partial charge in [0.15, 0.2) is 0 Å². The minimum absolute atomic E-state index is 0.0599. The lowest BCUT2D eigenvalue weighted by molar-refractivity contribution is -0.112. The highest BCUT2D eigenvalue weighted by molar-refractivity contribution is 9.11. The van der Waals surface area contributed by atoms with Crippen LogP contribution in [0.25, 0.3) is 6.08 Å². The van der Waals surface area contributed by atoms with Gasteiger partial charge >= 0.3 is 0 Å². The quantitative estimate of drug-likeness (QED) is 0.226. The van der Waals surface area contributed by atoms with Gasteiger partial charge in [-0.15, -0.1) is 0 Å². The number of rotatable bonds is 6. The summed E-state index contributed by atoms with van der Waals surface area (Å²) in [6, 6.07) is 16.3. The molecule has 3 aromatic rings. The van der Waals surface area contributed by atoms with Crippen molar-refractivity contribution in [3.63, 3.8) is 0 Å². The topological polar surface area (TPSA) is 62.1 Å². The summed E-state index contributed by atoms with van der Waals surface area (Å²) in [6.07, 6.45) is 1.49. The Morgan fingerprint density at radius 1 is 1.15 bits per heavy atom. The number of benzene rings is 3. The molecule has 33 heavy (non-hydrogen) atoms. The van der Waals surface area contributed by atoms with E-state index in [2.05, 4.69) is 37.2 Å². The third kappa shape index (κ3) is 6.39. The van der Waals surface area contributed by atoms with Gasteiger partial charge in [-0.1, -0.05) is 57.3 Å². The Morgan fingerprint density at radius 3 is 2.61 bits per heavy atom. The van der Waals surface area contributed by atoms with Gasteiger partial charge in [0.05, 0.1) is 4.47 Å². The summed E-state index contributed by atoms with van der Waals surface area (Å²) in [5.74, 6) is -0.0366. The van der Waals surface area contributed by atoms with Crippen LogP contribution in [0.2, 0.25) is 10.0 Å². The van der Waals surface area contributed by atoms with E-state index in [1.165, 1.54) is 6.08 Å². The molecule has 0 saturated heterocycles. The van der Waals surface area contributed by atoms with Gasteiger partial charge in [-0.25, -0.2) is 0 Å². The molecule has 0 atom stereocenters. The van der Waals surface area contributed by atoms with Crippen molar-refractivity contribution in [1.82, 2.24) is 0 Å². The van der Waals surface area contributed by atoms with E-state index in [9.17, 15) is 10.1 Å². The van der Waals surface area contributed by atoms with Crippen LogP contribution in [-0.4, -0.2) is 5.91 Å². The average molecular weight is 609 g/mol. The van der Waals surface area contributed by atoms with Crippen LogP contribution in [0.4, 0.5) is 5.69 Å². The molecule has 0 radical (unpaired) electrons. The first kappa shape index (κ1) is 25.3. The van der Waals surface area contributed by atoms with Gasteiger partial charge in [-0.3, -0.25) is 4.79 Å². The van der Waals surface area contributed by atoms with E-state index >= 15 is 0 Å². The Kier molecular flexibility index (Phi) is 8.61. The number of nitrogens with one attached hydrogen (secondary N) is 1. The van der Waals surface area contributed by atoms with Crippen molar-refractivity contribution < 1.29 is 9.53 Å². The molecule has 0 unspecified atom stereocenters. The summed E-state index contributed by atoms with van der Waals surface area (Å²) in [5.41, 5.74) is 3.88. The number of nitriles is 1. The minimum Gasteiger partial charge on any atom is -0.487 e. The molecule has 1 N–H and O–H groups in total. The van der Waals surface area contributed by atoms with Crippen molar-refractivity contribution in [3.8, 4) is 11.8 Å². The van der Waals surface area contributed by atoms with E-state index < -0.39 is 5.91 Å². The van der Waals surface area contributed by atoms with E-state index in [0.29, 0.717) is 31.5 Å². The standard InChI is InChI=1S/C25H18Br2Cl2N2O2/c1-14-4-3-5-23(15(14)2)31-25(32)18(12-30)8-17-9-19(26)10-21(27)24(17)33-13-16-6-7-20(28)11-22(16)29/h3-11H,13H2,1-2H3,(H,31,32)/b18-8+. The molecule has 8 heteroatoms. The van der Waals surface area contributed by atoms with Crippen molar-refractivity contribution in [1.29, 1.82) is 5.26 Å². The number of ether oxygens (including phenoxy) is 1. The van der Waals surface area contributed by atoms with Crippen LogP contribution in [0.5, 0.6) is 5.75 Å². The lowest BCUT2D eigenvalue weighted by Crippen LogP contribution is -2.14. The average Bonchev–Trinajstić information content (AvgIpc) is 2.75. The lowest BCUT2D eigenvalue weighted by atomic mass is 10.1. The predicted molar refractivity (Wildman–Crippen MR) is 141 cm³/mol. The third-order valence-corrected chi connectivity index (χ3v) is 6.58. The maximum atomic E-state index is 12.9. The molecule has 0 fully saturated rings. The van der Waals surface area contributed by atoms with Gasteiger partial charge < -0.3 is 10.1 Å². The fourth-order valence-corrected chi connectivity index (χ4v) is 4.84. The molecule has 0 spiro atoms. The van der Waals surface area contributed by atoms with Gasteiger partial charge in [-0.2, -0.15) is 5.26 Å². The van der Waals surface area contributed by atoms with Crippen molar-refractivity contribution in [2.45, 2.75) is 20.5 Å². The van der Waals surface area contributed by atoms with Crippen LogP contribution >= 0.6 is 55.1 Å². The van der Waals surface area contributed by atoms with Crippen molar-refractivity contribution in [2.24, 2.45) is 0 Å². The fourth-order valence-electron chi connectivity index (χ4n) is 3.01. The Morgan fingerprint density at radius 2 is 1.91 bits per heavy atom. The van der Waals surface area contributed by atoms with Gasteiger partial charge in [0.1, 0.15) is 24.0 Å². The Labute approximate surface area is 219 Å². The first-order valence-corrected chi connectivity index (χ1v) is 12.1. The van der Waals surface area contributed by atoms with Crippen LogP contribution in [0.15, 0.2) is 63.0 Å². The van der Waals surface area contributed by atoms with Crippen LogP contribution in [0.3, 0.4) is 0 Å². The second-order valence-corrected chi connectivity index (χ2v) is 9.82. The number of aryl methyl sites for hydroxylation is 1. The molecule has 0 aliphatic heterocycles. The summed E-state index contributed by atoms with van der Waals surface area (Å²) in [4.78, 5) is 12.9. The minimum atomic E-state index is -0.506. The Hall–Kier alpha value is -2.30. The zero-order chi connectivity index (χ0) is 24.1. The van der Waals surface area contributed by atoms with Crippen LogP contribution in [-0.2, 0) is 11.4 Å². The molecule has 168 valence electrons. The summed E-state index contributed by atoms with van der Waals surface area (Å²) >= 11 is 19.2. The predicted octanol–water partition coefficient (Wildman–Crippen LogP) is 8.26. The number of halogens is 4. The first-order valence-electron chi connectivity index (χ1n) is 9.74. The molecule has 0 saturated carbocycles. The molecule has 0 heterocycles. The fraction of sp³-hybridized carbons (Fsp3) is 0.120. The zero-order valence-electron chi connectivity index (χ0n) is 17.7. The summed E-state index contributed by atoms with van der Waals surface area (Å²) < 4.78 is 7.43. The number of hydrogen-bond acceptors (Lipinski definition) is 3. The smallest absolute Gasteiger partial charge is 0.266 e. The lowest BCUT2D eigenvalue weighted by Gasteiger charge is -2.14. The third-order valence-electron chi connectivity index (χ3n) is 4.94. The van der Waals surface area contributed by atoms with E-state index in [4.69, 9.17) is 27.9 Å². The number of anilines is 1. The second kappa shape index (κ2) is 11.2. The van der Waals surface area contributed by atoms with Crippen LogP contribution < -0.4 is 10.1 Å². The molecule has 3 rings (SSSR count). The Bertz CT molecular complexity index is 1300. The van der Waals surface area contributed by atoms with E-state index in [0.717, 1.165) is 21.2 Å². The molecular weight excluding hydrogens is 591 g/mol. The number of nitrogens with zero attached hydrogens (tertiary/aromatic N) is 1. The highest BCUT2D eigenvalue weighted by Gasteiger charge is 2.16. The number of carbonyl (C=O) groups excluding carboxylic acids is 1. The molecule has 4 nitrogen and oxygen atoms in total. The van der Waals surface area contributed by atoms with Gasteiger partial charge in [0, 0.05) is 31.3 Å². The molecule has 1 amide bonds. The SMILES string of the molecule is Cc1cccc(NC(=O)/C(C#N)=C/c2cc(Br)cc(Br)c2OCc2ccc(Cl)cc2Cl)c1C. The van der Waals surface area contributed by atoms with Crippen molar-refractivity contribution in [2.75, 3.05) is 5.32 Å².